The Hall–Kier alpha value is -3.42. The standard InChI is InChI=1S/C25H26ClN5O2/c1-16-14-31(15-17(2)28-16)23-11-8-19(13-27-23)25(33)29-20-9-10-21(26)22(12-20)30-24(32)18-6-4-3-5-7-18/h3-13,16-17,28H,14-15H2,1-2H3,(H,29,33)(H,30,32)/t16-,17+. The second-order valence-electron chi connectivity index (χ2n) is 8.25. The fraction of sp³-hybridized carbons (Fsp3) is 0.240. The highest BCUT2D eigenvalue weighted by atomic mass is 35.5. The summed E-state index contributed by atoms with van der Waals surface area (Å²) in [6.07, 6.45) is 1.58. The Morgan fingerprint density at radius 3 is 2.30 bits per heavy atom. The van der Waals surface area contributed by atoms with Crippen LogP contribution < -0.4 is 20.9 Å². The van der Waals surface area contributed by atoms with Crippen LogP contribution in [0.25, 0.3) is 0 Å². The first-order chi connectivity index (χ1) is 15.9. The third-order valence-electron chi connectivity index (χ3n) is 5.40. The van der Waals surface area contributed by atoms with Crippen molar-refractivity contribution in [3.05, 3.63) is 83.0 Å². The SMILES string of the molecule is C[C@@H]1CN(c2ccc(C(=O)Nc3ccc(Cl)c(NC(=O)c4ccccc4)c3)cn2)C[C@H](C)N1. The predicted molar refractivity (Wildman–Crippen MR) is 132 cm³/mol. The molecule has 2 amide bonds. The number of anilines is 3. The molecule has 2 atom stereocenters. The minimum atomic E-state index is -0.293. The summed E-state index contributed by atoms with van der Waals surface area (Å²) >= 11 is 6.25. The van der Waals surface area contributed by atoms with Gasteiger partial charge in [-0.05, 0) is 56.3 Å². The van der Waals surface area contributed by atoms with Gasteiger partial charge in [0.1, 0.15) is 5.82 Å². The van der Waals surface area contributed by atoms with E-state index < -0.39 is 0 Å². The highest BCUT2D eigenvalue weighted by Crippen LogP contribution is 2.26. The Kier molecular flexibility index (Phi) is 6.91. The molecule has 0 spiro atoms. The zero-order chi connectivity index (χ0) is 23.4. The first-order valence-electron chi connectivity index (χ1n) is 10.8. The van der Waals surface area contributed by atoms with Crippen molar-refractivity contribution >= 4 is 40.6 Å². The van der Waals surface area contributed by atoms with Crippen molar-refractivity contribution in [1.29, 1.82) is 0 Å². The molecule has 0 saturated carbocycles. The van der Waals surface area contributed by atoms with E-state index in [1.165, 1.54) is 0 Å². The Morgan fingerprint density at radius 1 is 0.939 bits per heavy atom. The van der Waals surface area contributed by atoms with Gasteiger partial charge in [0.05, 0.1) is 16.3 Å². The quantitative estimate of drug-likeness (QED) is 0.521. The van der Waals surface area contributed by atoms with E-state index in [2.05, 4.69) is 39.7 Å². The lowest BCUT2D eigenvalue weighted by molar-refractivity contribution is 0.101. The Labute approximate surface area is 198 Å². The zero-order valence-electron chi connectivity index (χ0n) is 18.5. The van der Waals surface area contributed by atoms with Gasteiger partial charge in [0.15, 0.2) is 0 Å². The number of piperazine rings is 1. The number of rotatable bonds is 5. The highest BCUT2D eigenvalue weighted by Gasteiger charge is 2.22. The van der Waals surface area contributed by atoms with Crippen LogP contribution in [0, 0.1) is 0 Å². The average Bonchev–Trinajstić information content (AvgIpc) is 2.81. The number of halogens is 1. The molecule has 7 nitrogen and oxygen atoms in total. The van der Waals surface area contributed by atoms with E-state index in [0.717, 1.165) is 18.9 Å². The number of pyridine rings is 1. The molecule has 3 aromatic rings. The summed E-state index contributed by atoms with van der Waals surface area (Å²) in [6, 6.07) is 18.2. The summed E-state index contributed by atoms with van der Waals surface area (Å²) in [7, 11) is 0. The molecule has 1 aliphatic heterocycles. The maximum atomic E-state index is 12.8. The molecule has 0 unspecified atom stereocenters. The lowest BCUT2D eigenvalue weighted by Gasteiger charge is -2.36. The van der Waals surface area contributed by atoms with Crippen molar-refractivity contribution in [2.75, 3.05) is 28.6 Å². The summed E-state index contributed by atoms with van der Waals surface area (Å²) in [5.41, 5.74) is 1.89. The summed E-state index contributed by atoms with van der Waals surface area (Å²) in [4.78, 5) is 31.9. The Bertz CT molecular complexity index is 1130. The van der Waals surface area contributed by atoms with E-state index in [9.17, 15) is 9.59 Å². The molecule has 0 bridgehead atoms. The molecule has 2 heterocycles. The van der Waals surface area contributed by atoms with E-state index in [1.54, 1.807) is 54.7 Å². The second kappa shape index (κ2) is 10.0. The number of aromatic nitrogens is 1. The Balaban J connectivity index is 1.43. The van der Waals surface area contributed by atoms with Gasteiger partial charge in [0.25, 0.3) is 11.8 Å². The minimum absolute atomic E-state index is 0.280. The number of hydrogen-bond donors (Lipinski definition) is 3. The molecule has 4 rings (SSSR count). The summed E-state index contributed by atoms with van der Waals surface area (Å²) in [6.45, 7) is 6.02. The van der Waals surface area contributed by atoms with Crippen molar-refractivity contribution in [2.24, 2.45) is 0 Å². The molecule has 1 aliphatic rings. The molecule has 1 aromatic heterocycles. The summed E-state index contributed by atoms with van der Waals surface area (Å²) < 4.78 is 0. The van der Waals surface area contributed by atoms with Gasteiger partial charge in [0, 0.05) is 42.6 Å². The average molecular weight is 464 g/mol. The number of carbonyl (C=O) groups is 2. The van der Waals surface area contributed by atoms with Gasteiger partial charge in [-0.3, -0.25) is 9.59 Å². The van der Waals surface area contributed by atoms with E-state index in [0.29, 0.717) is 39.6 Å². The van der Waals surface area contributed by atoms with E-state index in [-0.39, 0.29) is 11.8 Å². The van der Waals surface area contributed by atoms with Crippen LogP contribution >= 0.6 is 11.6 Å². The fourth-order valence-electron chi connectivity index (χ4n) is 3.91. The zero-order valence-corrected chi connectivity index (χ0v) is 19.3. The van der Waals surface area contributed by atoms with Gasteiger partial charge >= 0.3 is 0 Å². The van der Waals surface area contributed by atoms with Crippen LogP contribution in [0.4, 0.5) is 17.2 Å². The highest BCUT2D eigenvalue weighted by molar-refractivity contribution is 6.34. The molecule has 33 heavy (non-hydrogen) atoms. The van der Waals surface area contributed by atoms with Gasteiger partial charge in [0.2, 0.25) is 0 Å². The molecule has 2 aromatic carbocycles. The molecule has 170 valence electrons. The van der Waals surface area contributed by atoms with Crippen molar-refractivity contribution in [1.82, 2.24) is 10.3 Å². The van der Waals surface area contributed by atoms with Crippen LogP contribution in [0.15, 0.2) is 66.9 Å². The number of nitrogens with zero attached hydrogens (tertiary/aromatic N) is 2. The van der Waals surface area contributed by atoms with Crippen LogP contribution in [0.1, 0.15) is 34.6 Å². The van der Waals surface area contributed by atoms with Crippen LogP contribution in [-0.2, 0) is 0 Å². The predicted octanol–water partition coefficient (Wildman–Crippen LogP) is 4.43. The smallest absolute Gasteiger partial charge is 0.257 e. The van der Waals surface area contributed by atoms with E-state index in [1.807, 2.05) is 12.1 Å². The lowest BCUT2D eigenvalue weighted by Crippen LogP contribution is -2.54. The topological polar surface area (TPSA) is 86.4 Å². The number of hydrogen-bond acceptors (Lipinski definition) is 5. The van der Waals surface area contributed by atoms with Crippen LogP contribution in [0.2, 0.25) is 5.02 Å². The van der Waals surface area contributed by atoms with Gasteiger partial charge in [-0.1, -0.05) is 29.8 Å². The molecule has 0 aliphatic carbocycles. The largest absolute Gasteiger partial charge is 0.354 e. The lowest BCUT2D eigenvalue weighted by atomic mass is 10.1. The number of amides is 2. The van der Waals surface area contributed by atoms with Crippen molar-refractivity contribution in [2.45, 2.75) is 25.9 Å². The van der Waals surface area contributed by atoms with E-state index >= 15 is 0 Å². The van der Waals surface area contributed by atoms with E-state index in [4.69, 9.17) is 11.6 Å². The molecule has 1 saturated heterocycles. The minimum Gasteiger partial charge on any atom is -0.354 e. The normalized spacial score (nSPS) is 18.0. The fourth-order valence-corrected chi connectivity index (χ4v) is 4.07. The maximum absolute atomic E-state index is 12.8. The monoisotopic (exact) mass is 463 g/mol. The summed E-state index contributed by atoms with van der Waals surface area (Å²) in [5, 5.41) is 9.50. The molecule has 8 heteroatoms. The van der Waals surface area contributed by atoms with Gasteiger partial charge in [-0.25, -0.2) is 4.98 Å². The van der Waals surface area contributed by atoms with Crippen LogP contribution in [-0.4, -0.2) is 42.0 Å². The van der Waals surface area contributed by atoms with Crippen LogP contribution in [0.3, 0.4) is 0 Å². The number of carbonyl (C=O) groups excluding carboxylic acids is 2. The molecule has 1 fully saturated rings. The van der Waals surface area contributed by atoms with Crippen LogP contribution in [0.5, 0.6) is 0 Å². The second-order valence-corrected chi connectivity index (χ2v) is 8.65. The van der Waals surface area contributed by atoms with Crippen molar-refractivity contribution in [3.8, 4) is 0 Å². The third kappa shape index (κ3) is 5.69. The number of nitrogens with one attached hydrogen (secondary N) is 3. The molecule has 0 radical (unpaired) electrons. The maximum Gasteiger partial charge on any atom is 0.257 e. The number of benzene rings is 2. The van der Waals surface area contributed by atoms with Crippen molar-refractivity contribution in [3.63, 3.8) is 0 Å². The first-order valence-corrected chi connectivity index (χ1v) is 11.2. The molecule has 3 N–H and O–H groups in total. The van der Waals surface area contributed by atoms with Gasteiger partial charge in [-0.2, -0.15) is 0 Å². The Morgan fingerprint density at radius 2 is 1.64 bits per heavy atom. The summed E-state index contributed by atoms with van der Waals surface area (Å²) in [5.74, 6) is 0.278. The molecular formula is C25H26ClN5O2. The molecular weight excluding hydrogens is 438 g/mol. The third-order valence-corrected chi connectivity index (χ3v) is 5.73. The van der Waals surface area contributed by atoms with Gasteiger partial charge < -0.3 is 20.9 Å². The van der Waals surface area contributed by atoms with Gasteiger partial charge in [-0.15, -0.1) is 0 Å². The van der Waals surface area contributed by atoms with Crippen molar-refractivity contribution < 1.29 is 9.59 Å². The first kappa shape index (κ1) is 22.8.